The van der Waals surface area contributed by atoms with Crippen LogP contribution in [-0.4, -0.2) is 32.1 Å². The number of hydrogen-bond acceptors (Lipinski definition) is 4. The lowest BCUT2D eigenvalue weighted by atomic mass is 10.1. The molecule has 0 fully saturated rings. The molecule has 0 unspecified atom stereocenters. The number of methoxy groups -OCH3 is 1. The van der Waals surface area contributed by atoms with Gasteiger partial charge in [0, 0.05) is 24.1 Å². The van der Waals surface area contributed by atoms with Gasteiger partial charge in [-0.05, 0) is 48.4 Å². The number of fused-ring (bicyclic) bond motifs is 1. The van der Waals surface area contributed by atoms with E-state index in [4.69, 9.17) is 4.74 Å². The molecule has 1 aliphatic rings. The van der Waals surface area contributed by atoms with Crippen LogP contribution in [0.15, 0.2) is 82.6 Å². The standard InChI is InChI=1S/C27H26N2O3S/c1-19-7-9-21(10-8-19)18-29-23-5-3-4-6-24(23)33-25(27(29)31)17-20-11-13-22(14-12-20)26(30)28-15-16-32-2/h3-14,17H,15-16,18H2,1-2H3,(H,28,30)/b25-17+. The largest absolute Gasteiger partial charge is 0.383 e. The predicted octanol–water partition coefficient (Wildman–Crippen LogP) is 5.05. The SMILES string of the molecule is COCCNC(=O)c1ccc(/C=C2/Sc3ccccc3N(Cc3ccc(C)cc3)C2=O)cc1. The summed E-state index contributed by atoms with van der Waals surface area (Å²) in [6.45, 7) is 3.49. The summed E-state index contributed by atoms with van der Waals surface area (Å²) < 4.78 is 4.96. The van der Waals surface area contributed by atoms with Gasteiger partial charge in [-0.3, -0.25) is 9.59 Å². The fraction of sp³-hybridized carbons (Fsp3) is 0.185. The molecule has 0 radical (unpaired) electrons. The summed E-state index contributed by atoms with van der Waals surface area (Å²) >= 11 is 1.48. The van der Waals surface area contributed by atoms with Crippen LogP contribution in [0.1, 0.15) is 27.0 Å². The van der Waals surface area contributed by atoms with Crippen molar-refractivity contribution in [2.75, 3.05) is 25.2 Å². The zero-order valence-corrected chi connectivity index (χ0v) is 19.5. The zero-order valence-electron chi connectivity index (χ0n) is 18.7. The van der Waals surface area contributed by atoms with Crippen molar-refractivity contribution in [3.63, 3.8) is 0 Å². The second kappa shape index (κ2) is 10.5. The normalized spacial score (nSPS) is 14.3. The fourth-order valence-corrected chi connectivity index (χ4v) is 4.60. The summed E-state index contributed by atoms with van der Waals surface area (Å²) in [4.78, 5) is 29.2. The minimum Gasteiger partial charge on any atom is -0.383 e. The van der Waals surface area contributed by atoms with Crippen molar-refractivity contribution >= 4 is 35.3 Å². The monoisotopic (exact) mass is 458 g/mol. The molecule has 5 nitrogen and oxygen atoms in total. The first-order valence-corrected chi connectivity index (χ1v) is 11.6. The quantitative estimate of drug-likeness (QED) is 0.398. The van der Waals surface area contributed by atoms with Gasteiger partial charge in [-0.1, -0.05) is 65.9 Å². The van der Waals surface area contributed by atoms with Crippen LogP contribution < -0.4 is 10.2 Å². The molecule has 2 amide bonds. The Balaban J connectivity index is 1.57. The number of nitrogens with zero attached hydrogens (tertiary/aromatic N) is 1. The molecule has 0 saturated heterocycles. The molecular formula is C27H26N2O3S. The van der Waals surface area contributed by atoms with E-state index in [1.165, 1.54) is 17.3 Å². The average molecular weight is 459 g/mol. The number of carbonyl (C=O) groups is 2. The van der Waals surface area contributed by atoms with Crippen molar-refractivity contribution in [3.05, 3.63) is 100.0 Å². The molecule has 168 valence electrons. The zero-order chi connectivity index (χ0) is 23.2. The van der Waals surface area contributed by atoms with Crippen LogP contribution in [-0.2, 0) is 16.1 Å². The molecule has 3 aromatic rings. The van der Waals surface area contributed by atoms with Gasteiger partial charge in [0.1, 0.15) is 0 Å². The molecule has 0 atom stereocenters. The third kappa shape index (κ3) is 5.53. The molecule has 1 heterocycles. The maximum Gasteiger partial charge on any atom is 0.265 e. The first kappa shape index (κ1) is 22.8. The number of rotatable bonds is 7. The first-order valence-electron chi connectivity index (χ1n) is 10.8. The van der Waals surface area contributed by atoms with Crippen molar-refractivity contribution in [2.24, 2.45) is 0 Å². The lowest BCUT2D eigenvalue weighted by molar-refractivity contribution is -0.114. The van der Waals surface area contributed by atoms with Crippen LogP contribution in [0.4, 0.5) is 5.69 Å². The second-order valence-electron chi connectivity index (χ2n) is 7.83. The van der Waals surface area contributed by atoms with Crippen LogP contribution in [0, 0.1) is 6.92 Å². The second-order valence-corrected chi connectivity index (χ2v) is 8.91. The molecule has 6 heteroatoms. The van der Waals surface area contributed by atoms with Crippen molar-refractivity contribution in [2.45, 2.75) is 18.4 Å². The third-order valence-corrected chi connectivity index (χ3v) is 6.43. The molecule has 1 aliphatic heterocycles. The Bertz CT molecular complexity index is 1170. The third-order valence-electron chi connectivity index (χ3n) is 5.36. The number of anilines is 1. The summed E-state index contributed by atoms with van der Waals surface area (Å²) in [7, 11) is 1.60. The molecule has 0 aliphatic carbocycles. The van der Waals surface area contributed by atoms with Crippen LogP contribution in [0.5, 0.6) is 0 Å². The van der Waals surface area contributed by atoms with Crippen molar-refractivity contribution in [1.82, 2.24) is 5.32 Å². The van der Waals surface area contributed by atoms with E-state index >= 15 is 0 Å². The van der Waals surface area contributed by atoms with Crippen molar-refractivity contribution < 1.29 is 14.3 Å². The van der Waals surface area contributed by atoms with Gasteiger partial charge in [0.05, 0.1) is 23.7 Å². The number of amides is 2. The van der Waals surface area contributed by atoms with Gasteiger partial charge in [-0.2, -0.15) is 0 Å². The molecule has 0 aromatic heterocycles. The van der Waals surface area contributed by atoms with E-state index in [-0.39, 0.29) is 11.8 Å². The van der Waals surface area contributed by atoms with Crippen molar-refractivity contribution in [3.8, 4) is 0 Å². The highest BCUT2D eigenvalue weighted by Crippen LogP contribution is 2.42. The molecule has 0 bridgehead atoms. The highest BCUT2D eigenvalue weighted by Gasteiger charge is 2.29. The lowest BCUT2D eigenvalue weighted by Crippen LogP contribution is -2.33. The first-order chi connectivity index (χ1) is 16.0. The Morgan fingerprint density at radius 1 is 1.03 bits per heavy atom. The van der Waals surface area contributed by atoms with Crippen LogP contribution in [0.2, 0.25) is 0 Å². The van der Waals surface area contributed by atoms with Crippen LogP contribution >= 0.6 is 11.8 Å². The Morgan fingerprint density at radius 3 is 2.48 bits per heavy atom. The van der Waals surface area contributed by atoms with Gasteiger partial charge in [-0.25, -0.2) is 0 Å². The van der Waals surface area contributed by atoms with E-state index in [0.29, 0.717) is 30.2 Å². The Labute approximate surface area is 198 Å². The molecule has 33 heavy (non-hydrogen) atoms. The van der Waals surface area contributed by atoms with Crippen molar-refractivity contribution in [1.29, 1.82) is 0 Å². The summed E-state index contributed by atoms with van der Waals surface area (Å²) in [5.41, 5.74) is 4.64. The van der Waals surface area contributed by atoms with E-state index < -0.39 is 0 Å². The Kier molecular flexibility index (Phi) is 7.27. The van der Waals surface area contributed by atoms with Crippen LogP contribution in [0.3, 0.4) is 0 Å². The van der Waals surface area contributed by atoms with E-state index in [1.807, 2.05) is 47.4 Å². The average Bonchev–Trinajstić information content (AvgIpc) is 2.83. The topological polar surface area (TPSA) is 58.6 Å². The van der Waals surface area contributed by atoms with Gasteiger partial charge < -0.3 is 15.0 Å². The molecule has 0 saturated carbocycles. The Morgan fingerprint density at radius 2 is 1.76 bits per heavy atom. The number of nitrogens with one attached hydrogen (secondary N) is 1. The van der Waals surface area contributed by atoms with E-state index in [9.17, 15) is 9.59 Å². The molecular weight excluding hydrogens is 432 g/mol. The van der Waals surface area contributed by atoms with Gasteiger partial charge in [-0.15, -0.1) is 0 Å². The van der Waals surface area contributed by atoms with Gasteiger partial charge in [0.15, 0.2) is 0 Å². The number of carbonyl (C=O) groups excluding carboxylic acids is 2. The minimum absolute atomic E-state index is 0.0272. The number of para-hydroxylation sites is 1. The maximum atomic E-state index is 13.4. The number of hydrogen-bond donors (Lipinski definition) is 1. The van der Waals surface area contributed by atoms with E-state index in [0.717, 1.165) is 21.7 Å². The maximum absolute atomic E-state index is 13.4. The van der Waals surface area contributed by atoms with E-state index in [1.54, 1.807) is 19.2 Å². The van der Waals surface area contributed by atoms with E-state index in [2.05, 4.69) is 36.5 Å². The highest BCUT2D eigenvalue weighted by molar-refractivity contribution is 8.04. The highest BCUT2D eigenvalue weighted by atomic mass is 32.2. The predicted molar refractivity (Wildman–Crippen MR) is 133 cm³/mol. The van der Waals surface area contributed by atoms with Gasteiger partial charge >= 0.3 is 0 Å². The lowest BCUT2D eigenvalue weighted by Gasteiger charge is -2.30. The summed E-state index contributed by atoms with van der Waals surface area (Å²) in [5.74, 6) is -0.173. The van der Waals surface area contributed by atoms with Gasteiger partial charge in [0.2, 0.25) is 0 Å². The molecule has 4 rings (SSSR count). The Hall–Kier alpha value is -3.35. The summed E-state index contributed by atoms with van der Waals surface area (Å²) in [5, 5.41) is 2.81. The number of benzene rings is 3. The number of thioether (sulfide) groups is 1. The van der Waals surface area contributed by atoms with Gasteiger partial charge in [0.25, 0.3) is 11.8 Å². The summed E-state index contributed by atoms with van der Waals surface area (Å²) in [6.07, 6.45) is 1.89. The van der Waals surface area contributed by atoms with Crippen LogP contribution in [0.25, 0.3) is 6.08 Å². The molecule has 3 aromatic carbocycles. The number of aryl methyl sites for hydroxylation is 1. The molecule has 1 N–H and O–H groups in total. The smallest absolute Gasteiger partial charge is 0.265 e. The minimum atomic E-state index is -0.146. The molecule has 0 spiro atoms. The fourth-order valence-electron chi connectivity index (χ4n) is 3.55. The number of ether oxygens (including phenoxy) is 1. The summed E-state index contributed by atoms with van der Waals surface area (Å²) in [6, 6.07) is 23.5.